The van der Waals surface area contributed by atoms with Gasteiger partial charge in [-0.2, -0.15) is 0 Å². The average molecular weight is 155 g/mol. The maximum absolute atomic E-state index is 10.7. The normalized spacial score (nSPS) is 24.1. The van der Waals surface area contributed by atoms with Gasteiger partial charge >= 0.3 is 0 Å². The second-order valence-electron chi connectivity index (χ2n) is 2.16. The van der Waals surface area contributed by atoms with E-state index in [0.717, 1.165) is 5.57 Å². The highest BCUT2D eigenvalue weighted by molar-refractivity contribution is 8.03. The molecule has 1 atom stereocenters. The van der Waals surface area contributed by atoms with E-state index in [1.54, 1.807) is 0 Å². The monoisotopic (exact) mass is 155 g/mol. The first-order valence-corrected chi connectivity index (χ1v) is 3.94. The number of allylic oxidation sites excluding steroid dienone is 2. The summed E-state index contributed by atoms with van der Waals surface area (Å²) in [6, 6.07) is 0. The third kappa shape index (κ3) is 1.42. The van der Waals surface area contributed by atoms with Gasteiger partial charge in [0.25, 0.3) is 0 Å². The van der Waals surface area contributed by atoms with E-state index in [1.165, 1.54) is 11.8 Å². The van der Waals surface area contributed by atoms with Crippen molar-refractivity contribution in [3.05, 3.63) is 23.1 Å². The summed E-state index contributed by atoms with van der Waals surface area (Å²) in [5.74, 6) is -0.261. The third-order valence-corrected chi connectivity index (χ3v) is 2.51. The molecule has 0 fully saturated rings. The number of thioether (sulfide) groups is 1. The Kier molecular flexibility index (Phi) is 2.17. The number of carbonyl (C=O) groups excluding carboxylic acids is 1. The van der Waals surface area contributed by atoms with Gasteiger partial charge in [0.1, 0.15) is 5.25 Å². The van der Waals surface area contributed by atoms with Crippen molar-refractivity contribution in [2.45, 2.75) is 12.2 Å². The van der Waals surface area contributed by atoms with Gasteiger partial charge in [-0.3, -0.25) is 4.79 Å². The molecule has 1 rings (SSSR count). The fraction of sp³-hybridized carbons (Fsp3) is 0.286. The fourth-order valence-electron chi connectivity index (χ4n) is 0.801. The van der Waals surface area contributed by atoms with Gasteiger partial charge < -0.3 is 5.73 Å². The molecular weight excluding hydrogens is 146 g/mol. The topological polar surface area (TPSA) is 43.1 Å². The first-order valence-electron chi connectivity index (χ1n) is 3.00. The van der Waals surface area contributed by atoms with E-state index in [9.17, 15) is 4.79 Å². The molecule has 0 bridgehead atoms. The van der Waals surface area contributed by atoms with Crippen molar-refractivity contribution >= 4 is 17.7 Å². The average Bonchev–Trinajstić information content (AvgIpc) is 1.88. The lowest BCUT2D eigenvalue weighted by atomic mass is 10.2. The smallest absolute Gasteiger partial charge is 0.235 e. The molecule has 2 nitrogen and oxygen atoms in total. The highest BCUT2D eigenvalue weighted by Crippen LogP contribution is 2.23. The predicted molar refractivity (Wildman–Crippen MR) is 43.5 cm³/mol. The van der Waals surface area contributed by atoms with Crippen LogP contribution in [0.5, 0.6) is 0 Å². The minimum Gasteiger partial charge on any atom is -0.368 e. The number of nitrogens with two attached hydrogens (primary N) is 1. The van der Waals surface area contributed by atoms with Crippen LogP contribution in [-0.4, -0.2) is 11.2 Å². The van der Waals surface area contributed by atoms with Crippen LogP contribution in [0.2, 0.25) is 0 Å². The van der Waals surface area contributed by atoms with E-state index in [1.807, 2.05) is 24.5 Å². The fourth-order valence-corrected chi connectivity index (χ4v) is 1.55. The zero-order valence-electron chi connectivity index (χ0n) is 5.70. The van der Waals surface area contributed by atoms with Gasteiger partial charge in [-0.05, 0) is 12.3 Å². The van der Waals surface area contributed by atoms with Crippen molar-refractivity contribution < 1.29 is 4.79 Å². The van der Waals surface area contributed by atoms with E-state index in [0.29, 0.717) is 0 Å². The second-order valence-corrected chi connectivity index (χ2v) is 3.17. The molecule has 0 aliphatic carbocycles. The Morgan fingerprint density at radius 2 is 2.50 bits per heavy atom. The predicted octanol–water partition coefficient (Wildman–Crippen LogP) is 1.05. The molecule has 0 aromatic heterocycles. The summed E-state index contributed by atoms with van der Waals surface area (Å²) < 4.78 is 0. The highest BCUT2D eigenvalue weighted by Gasteiger charge is 2.17. The van der Waals surface area contributed by atoms with Crippen molar-refractivity contribution in [1.82, 2.24) is 0 Å². The molecule has 10 heavy (non-hydrogen) atoms. The van der Waals surface area contributed by atoms with Crippen LogP contribution in [0.15, 0.2) is 23.1 Å². The number of hydrogen-bond acceptors (Lipinski definition) is 2. The molecule has 2 N–H and O–H groups in total. The number of hydrogen-bond donors (Lipinski definition) is 1. The zero-order chi connectivity index (χ0) is 7.56. The summed E-state index contributed by atoms with van der Waals surface area (Å²) in [6.45, 7) is 1.91. The van der Waals surface area contributed by atoms with E-state index in [-0.39, 0.29) is 11.2 Å². The largest absolute Gasteiger partial charge is 0.368 e. The lowest BCUT2D eigenvalue weighted by Gasteiger charge is -2.13. The van der Waals surface area contributed by atoms with Crippen LogP contribution >= 0.6 is 11.8 Å². The summed E-state index contributed by atoms with van der Waals surface area (Å²) in [4.78, 5) is 10.7. The minimum absolute atomic E-state index is 0.148. The van der Waals surface area contributed by atoms with Crippen LogP contribution in [0.25, 0.3) is 0 Å². The number of carbonyl (C=O) groups is 1. The number of rotatable bonds is 1. The van der Waals surface area contributed by atoms with Gasteiger partial charge in [-0.15, -0.1) is 11.8 Å². The lowest BCUT2D eigenvalue weighted by molar-refractivity contribution is -0.116. The van der Waals surface area contributed by atoms with Gasteiger partial charge in [-0.25, -0.2) is 0 Å². The third-order valence-electron chi connectivity index (χ3n) is 1.32. The standard InChI is InChI=1S/C7H9NOS/c1-5-3-2-4-10-6(5)7(8)9/h2-4,6H,1H3,(H2,8,9). The Morgan fingerprint density at radius 1 is 1.80 bits per heavy atom. The molecule has 54 valence electrons. The number of amides is 1. The maximum atomic E-state index is 10.7. The molecule has 0 radical (unpaired) electrons. The number of primary amides is 1. The van der Waals surface area contributed by atoms with E-state index >= 15 is 0 Å². The van der Waals surface area contributed by atoms with Crippen LogP contribution in [0, 0.1) is 0 Å². The Morgan fingerprint density at radius 3 is 2.90 bits per heavy atom. The van der Waals surface area contributed by atoms with Crippen LogP contribution in [0.3, 0.4) is 0 Å². The second kappa shape index (κ2) is 2.92. The summed E-state index contributed by atoms with van der Waals surface area (Å²) in [6.07, 6.45) is 3.82. The van der Waals surface area contributed by atoms with Crippen molar-refractivity contribution in [2.75, 3.05) is 0 Å². The van der Waals surface area contributed by atoms with E-state index < -0.39 is 0 Å². The van der Waals surface area contributed by atoms with Crippen molar-refractivity contribution in [3.8, 4) is 0 Å². The first-order chi connectivity index (χ1) is 4.72. The molecule has 1 unspecified atom stereocenters. The molecule has 1 heterocycles. The van der Waals surface area contributed by atoms with Crippen LogP contribution in [-0.2, 0) is 4.79 Å². The molecule has 0 aromatic carbocycles. The molecule has 0 spiro atoms. The molecule has 0 saturated heterocycles. The van der Waals surface area contributed by atoms with Gasteiger partial charge in [0.2, 0.25) is 5.91 Å². The summed E-state index contributed by atoms with van der Waals surface area (Å²) >= 11 is 1.46. The quantitative estimate of drug-likeness (QED) is 0.615. The summed E-state index contributed by atoms with van der Waals surface area (Å²) in [5, 5.41) is 1.73. The molecule has 0 saturated carbocycles. The maximum Gasteiger partial charge on any atom is 0.235 e. The van der Waals surface area contributed by atoms with Crippen molar-refractivity contribution in [3.63, 3.8) is 0 Å². The van der Waals surface area contributed by atoms with Crippen molar-refractivity contribution in [1.29, 1.82) is 0 Å². The Hall–Kier alpha value is -0.700. The van der Waals surface area contributed by atoms with Gasteiger partial charge in [0, 0.05) is 0 Å². The molecule has 3 heteroatoms. The van der Waals surface area contributed by atoms with Crippen LogP contribution < -0.4 is 5.73 Å². The Balaban J connectivity index is 2.73. The highest BCUT2D eigenvalue weighted by atomic mass is 32.2. The van der Waals surface area contributed by atoms with Gasteiger partial charge in [0.05, 0.1) is 0 Å². The summed E-state index contributed by atoms with van der Waals surface area (Å²) in [7, 11) is 0. The Bertz CT molecular complexity index is 208. The molecular formula is C7H9NOS. The zero-order valence-corrected chi connectivity index (χ0v) is 6.52. The first kappa shape index (κ1) is 7.41. The molecule has 1 aliphatic heterocycles. The van der Waals surface area contributed by atoms with Gasteiger partial charge in [0.15, 0.2) is 0 Å². The summed E-state index contributed by atoms with van der Waals surface area (Å²) in [5.41, 5.74) is 6.15. The SMILES string of the molecule is CC1=CC=CSC1C(N)=O. The molecule has 0 aromatic rings. The van der Waals surface area contributed by atoms with E-state index in [2.05, 4.69) is 0 Å². The van der Waals surface area contributed by atoms with Crippen LogP contribution in [0.1, 0.15) is 6.92 Å². The van der Waals surface area contributed by atoms with Gasteiger partial charge in [-0.1, -0.05) is 17.7 Å². The molecule has 1 amide bonds. The minimum atomic E-state index is -0.261. The van der Waals surface area contributed by atoms with Crippen molar-refractivity contribution in [2.24, 2.45) is 5.73 Å². The lowest BCUT2D eigenvalue weighted by Crippen LogP contribution is -2.26. The molecule has 1 aliphatic rings. The Labute approximate surface area is 64.2 Å². The van der Waals surface area contributed by atoms with Crippen LogP contribution in [0.4, 0.5) is 0 Å². The van der Waals surface area contributed by atoms with E-state index in [4.69, 9.17) is 5.73 Å².